The molecule has 1 aromatic rings. The first-order chi connectivity index (χ1) is 10.5. The van der Waals surface area contributed by atoms with Crippen LogP contribution in [-0.4, -0.2) is 23.0 Å². The number of carbonyl (C=O) groups is 1. The molecule has 0 aliphatic carbocycles. The van der Waals surface area contributed by atoms with Gasteiger partial charge in [-0.2, -0.15) is 0 Å². The van der Waals surface area contributed by atoms with E-state index in [0.29, 0.717) is 6.42 Å². The Morgan fingerprint density at radius 3 is 2.52 bits per heavy atom. The molecule has 0 saturated carbocycles. The van der Waals surface area contributed by atoms with E-state index in [0.717, 1.165) is 22.4 Å². The van der Waals surface area contributed by atoms with Crippen molar-refractivity contribution in [2.75, 3.05) is 6.54 Å². The van der Waals surface area contributed by atoms with Gasteiger partial charge in [-0.05, 0) is 50.5 Å². The normalized spacial score (nSPS) is 18.0. The fourth-order valence-corrected chi connectivity index (χ4v) is 3.00. The second-order valence-corrected chi connectivity index (χ2v) is 6.92. The number of ketones is 1. The molecule has 2 rings (SSSR count). The number of fused-ring (bicyclic) bond motifs is 1. The van der Waals surface area contributed by atoms with Crippen LogP contribution in [0.3, 0.4) is 0 Å². The maximum absolute atomic E-state index is 11.5. The first kappa shape index (κ1) is 17.4. The Labute approximate surface area is 135 Å². The summed E-state index contributed by atoms with van der Waals surface area (Å²) in [4.78, 5) is 21.3. The van der Waals surface area contributed by atoms with Crippen molar-refractivity contribution in [3.05, 3.63) is 38.9 Å². The van der Waals surface area contributed by atoms with Crippen LogP contribution in [0.5, 0.6) is 5.75 Å². The lowest BCUT2D eigenvalue weighted by Gasteiger charge is -2.43. The Bertz CT molecular complexity index is 649. The first-order valence-electron chi connectivity index (χ1n) is 7.67. The summed E-state index contributed by atoms with van der Waals surface area (Å²) in [6.07, 6.45) is 0.638. The third-order valence-corrected chi connectivity index (χ3v) is 3.92. The Balaban J connectivity index is 2.25. The number of aryl methyl sites for hydroxylation is 2. The molecular weight excluding hydrogens is 298 g/mol. The molecule has 1 aliphatic rings. The molecule has 126 valence electrons. The van der Waals surface area contributed by atoms with Crippen LogP contribution >= 0.6 is 0 Å². The van der Waals surface area contributed by atoms with Crippen LogP contribution < -0.4 is 4.74 Å². The maximum Gasteiger partial charge on any atom is 0.261 e. The van der Waals surface area contributed by atoms with Crippen molar-refractivity contribution in [3.8, 4) is 5.75 Å². The van der Waals surface area contributed by atoms with Crippen molar-refractivity contribution in [2.24, 2.45) is 0 Å². The average molecular weight is 321 g/mol. The van der Waals surface area contributed by atoms with E-state index in [1.165, 1.54) is 0 Å². The zero-order valence-electron chi connectivity index (χ0n) is 14.3. The quantitative estimate of drug-likeness (QED) is 0.615. The number of Topliss-reactive ketones (excluding diaryl/α,β-unsaturated/α-hetero) is 1. The lowest BCUT2D eigenvalue weighted by molar-refractivity contribution is -0.467. The molecule has 0 amide bonds. The van der Waals surface area contributed by atoms with Gasteiger partial charge in [-0.3, -0.25) is 14.9 Å². The molecule has 1 heterocycles. The van der Waals surface area contributed by atoms with Crippen molar-refractivity contribution in [1.29, 1.82) is 0 Å². The van der Waals surface area contributed by atoms with Crippen molar-refractivity contribution >= 4 is 5.78 Å². The average Bonchev–Trinajstić information content (AvgIpc) is 2.33. The Morgan fingerprint density at radius 1 is 1.26 bits per heavy atom. The predicted octanol–water partition coefficient (Wildman–Crippen LogP) is 3.15. The summed E-state index contributed by atoms with van der Waals surface area (Å²) in [5.41, 5.74) is 2.41. The smallest absolute Gasteiger partial charge is 0.261 e. The topological polar surface area (TPSA) is 78.7 Å². The number of hydrogen-bond acceptors (Lipinski definition) is 5. The van der Waals surface area contributed by atoms with Crippen LogP contribution in [-0.2, 0) is 21.6 Å². The highest BCUT2D eigenvalue weighted by Gasteiger charge is 2.40. The zero-order valence-corrected chi connectivity index (χ0v) is 14.3. The van der Waals surface area contributed by atoms with E-state index >= 15 is 0 Å². The van der Waals surface area contributed by atoms with Crippen molar-refractivity contribution in [1.82, 2.24) is 0 Å². The van der Waals surface area contributed by atoms with Gasteiger partial charge in [0.25, 0.3) is 6.54 Å². The van der Waals surface area contributed by atoms with Crippen molar-refractivity contribution in [2.45, 2.75) is 58.8 Å². The van der Waals surface area contributed by atoms with Crippen LogP contribution in [0.1, 0.15) is 50.8 Å². The van der Waals surface area contributed by atoms with E-state index in [9.17, 15) is 14.9 Å². The molecule has 0 unspecified atom stereocenters. The van der Waals surface area contributed by atoms with Gasteiger partial charge in [0.05, 0.1) is 5.60 Å². The van der Waals surface area contributed by atoms with Gasteiger partial charge in [0.15, 0.2) is 0 Å². The van der Waals surface area contributed by atoms with Gasteiger partial charge in [0, 0.05) is 30.8 Å². The van der Waals surface area contributed by atoms with Crippen LogP contribution in [0, 0.1) is 17.0 Å². The molecule has 23 heavy (non-hydrogen) atoms. The van der Waals surface area contributed by atoms with E-state index in [-0.39, 0.29) is 12.2 Å². The summed E-state index contributed by atoms with van der Waals surface area (Å²) in [6.45, 7) is 9.04. The molecule has 0 aromatic heterocycles. The number of rotatable bonds is 5. The summed E-state index contributed by atoms with van der Waals surface area (Å²) < 4.78 is 11.9. The highest BCUT2D eigenvalue weighted by Crippen LogP contribution is 2.43. The predicted molar refractivity (Wildman–Crippen MR) is 85.2 cm³/mol. The number of nitrogens with zero attached hydrogens (tertiary/aromatic N) is 1. The molecule has 6 heteroatoms. The Morgan fingerprint density at radius 2 is 1.91 bits per heavy atom. The van der Waals surface area contributed by atoms with Crippen LogP contribution in [0.15, 0.2) is 12.1 Å². The van der Waals surface area contributed by atoms with E-state index in [1.54, 1.807) is 0 Å². The van der Waals surface area contributed by atoms with Gasteiger partial charge in [-0.15, -0.1) is 0 Å². The highest BCUT2D eigenvalue weighted by molar-refractivity contribution is 5.79. The van der Waals surface area contributed by atoms with E-state index < -0.39 is 22.9 Å². The summed E-state index contributed by atoms with van der Waals surface area (Å²) in [6, 6.07) is 3.94. The van der Waals surface area contributed by atoms with Gasteiger partial charge in [0.1, 0.15) is 5.75 Å². The maximum atomic E-state index is 11.5. The number of ether oxygens (including phenoxy) is 2. The Kier molecular flexibility index (Phi) is 4.48. The van der Waals surface area contributed by atoms with Gasteiger partial charge in [-0.1, -0.05) is 0 Å². The summed E-state index contributed by atoms with van der Waals surface area (Å²) in [5, 5.41) is 10.4. The van der Waals surface area contributed by atoms with Gasteiger partial charge < -0.3 is 9.47 Å². The number of nitro groups is 1. The van der Waals surface area contributed by atoms with E-state index in [2.05, 4.69) is 0 Å². The third kappa shape index (κ3) is 4.07. The number of carbonyl (C=O) groups excluding carboxylic acids is 1. The molecule has 1 aromatic carbocycles. The van der Waals surface area contributed by atoms with Crippen LogP contribution in [0.2, 0.25) is 0 Å². The molecule has 0 fully saturated rings. The van der Waals surface area contributed by atoms with Crippen LogP contribution in [0.4, 0.5) is 0 Å². The summed E-state index contributed by atoms with van der Waals surface area (Å²) in [7, 11) is 0. The molecule has 0 atom stereocenters. The molecule has 0 bridgehead atoms. The largest absolute Gasteiger partial charge is 0.463 e. The van der Waals surface area contributed by atoms with E-state index in [1.807, 2.05) is 46.8 Å². The standard InChI is InChI=1S/C17H23NO5/c1-11-8-15-14(16(2,3)23-17(4,5)22-15)9-12(11)6-7-13(19)10-18(20)21/h8-9H,6-7,10H2,1-5H3. The summed E-state index contributed by atoms with van der Waals surface area (Å²) in [5.74, 6) is -0.282. The van der Waals surface area contributed by atoms with Crippen molar-refractivity contribution in [3.63, 3.8) is 0 Å². The fourth-order valence-electron chi connectivity index (χ4n) is 3.00. The Hall–Kier alpha value is -1.95. The lowest BCUT2D eigenvalue weighted by Crippen LogP contribution is -2.44. The molecule has 6 nitrogen and oxygen atoms in total. The summed E-state index contributed by atoms with van der Waals surface area (Å²) >= 11 is 0. The highest BCUT2D eigenvalue weighted by atomic mass is 16.7. The number of benzene rings is 1. The lowest BCUT2D eigenvalue weighted by atomic mass is 9.90. The van der Waals surface area contributed by atoms with Crippen LogP contribution in [0.25, 0.3) is 0 Å². The SMILES string of the molecule is Cc1cc2c(cc1CCC(=O)C[N+](=O)[O-])C(C)(C)OC(C)(C)O2. The third-order valence-electron chi connectivity index (χ3n) is 3.92. The molecule has 0 N–H and O–H groups in total. The second-order valence-electron chi connectivity index (χ2n) is 6.92. The van der Waals surface area contributed by atoms with Gasteiger partial charge in [-0.25, -0.2) is 0 Å². The minimum Gasteiger partial charge on any atom is -0.463 e. The van der Waals surface area contributed by atoms with Gasteiger partial charge >= 0.3 is 0 Å². The first-order valence-corrected chi connectivity index (χ1v) is 7.67. The van der Waals surface area contributed by atoms with Crippen molar-refractivity contribution < 1.29 is 19.2 Å². The number of hydrogen-bond donors (Lipinski definition) is 0. The monoisotopic (exact) mass is 321 g/mol. The minimum atomic E-state index is -0.702. The second kappa shape index (κ2) is 5.92. The molecule has 1 aliphatic heterocycles. The zero-order chi connectivity index (χ0) is 17.4. The van der Waals surface area contributed by atoms with Gasteiger partial charge in [0.2, 0.25) is 11.6 Å². The molecular formula is C17H23NO5. The van der Waals surface area contributed by atoms with E-state index in [4.69, 9.17) is 9.47 Å². The minimum absolute atomic E-state index is 0.161. The molecule has 0 spiro atoms. The molecule has 0 radical (unpaired) electrons. The fraction of sp³-hybridized carbons (Fsp3) is 0.588. The molecule has 0 saturated heterocycles.